The predicted octanol–water partition coefficient (Wildman–Crippen LogP) is 3.28. The van der Waals surface area contributed by atoms with E-state index in [2.05, 4.69) is 5.10 Å². The fourth-order valence-electron chi connectivity index (χ4n) is 2.41. The highest BCUT2D eigenvalue weighted by atomic mass is 35.5. The Morgan fingerprint density at radius 3 is 2.85 bits per heavy atom. The average Bonchev–Trinajstić information content (AvgIpc) is 2.95. The number of hydrogen-bond donors (Lipinski definition) is 1. The molecule has 2 heterocycles. The third-order valence-corrected chi connectivity index (χ3v) is 3.96. The molecule has 1 fully saturated rings. The van der Waals surface area contributed by atoms with Gasteiger partial charge in [-0.2, -0.15) is 5.10 Å². The number of hydrogen-bond acceptors (Lipinski definition) is 3. The number of benzene rings is 1. The van der Waals surface area contributed by atoms with Crippen LogP contribution in [0.3, 0.4) is 0 Å². The van der Waals surface area contributed by atoms with E-state index in [1.165, 1.54) is 6.07 Å². The normalized spacial score (nSPS) is 16.5. The second kappa shape index (κ2) is 5.42. The molecule has 0 unspecified atom stereocenters. The Labute approximate surface area is 121 Å². The van der Waals surface area contributed by atoms with Crippen LogP contribution in [0.5, 0.6) is 0 Å². The van der Waals surface area contributed by atoms with Gasteiger partial charge in [-0.05, 0) is 18.9 Å². The minimum absolute atomic E-state index is 0.0385. The minimum atomic E-state index is -0.581. The van der Waals surface area contributed by atoms with Gasteiger partial charge in [0, 0.05) is 30.5 Å². The zero-order valence-electron chi connectivity index (χ0n) is 10.9. The Morgan fingerprint density at radius 1 is 1.35 bits per heavy atom. The molecule has 0 spiro atoms. The molecular weight excluding hydrogens is 281 g/mol. The number of rotatable bonds is 2. The fraction of sp³-hybridized carbons (Fsp3) is 0.357. The van der Waals surface area contributed by atoms with Crippen molar-refractivity contribution in [2.75, 3.05) is 18.9 Å². The molecule has 1 aromatic heterocycles. The van der Waals surface area contributed by atoms with Gasteiger partial charge in [0.05, 0.1) is 22.9 Å². The summed E-state index contributed by atoms with van der Waals surface area (Å²) in [5.74, 6) is -0.581. The van der Waals surface area contributed by atoms with Crippen molar-refractivity contribution < 1.29 is 9.13 Å². The lowest BCUT2D eigenvalue weighted by molar-refractivity contribution is 0.0662. The molecule has 2 aromatic rings. The molecular formula is C14H15ClFN3O. The number of nitrogens with zero attached hydrogens (tertiary/aromatic N) is 2. The lowest BCUT2D eigenvalue weighted by atomic mass is 10.1. The van der Waals surface area contributed by atoms with Crippen LogP contribution in [0, 0.1) is 5.82 Å². The van der Waals surface area contributed by atoms with Gasteiger partial charge in [0.25, 0.3) is 0 Å². The lowest BCUT2D eigenvalue weighted by Crippen LogP contribution is -2.19. The maximum absolute atomic E-state index is 13.7. The molecule has 0 saturated carbocycles. The van der Waals surface area contributed by atoms with Gasteiger partial charge in [-0.3, -0.25) is 4.68 Å². The monoisotopic (exact) mass is 295 g/mol. The highest BCUT2D eigenvalue weighted by Crippen LogP contribution is 2.33. The van der Waals surface area contributed by atoms with Gasteiger partial charge in [-0.1, -0.05) is 17.7 Å². The van der Waals surface area contributed by atoms with Gasteiger partial charge in [-0.15, -0.1) is 0 Å². The summed E-state index contributed by atoms with van der Waals surface area (Å²) < 4.78 is 21.0. The first-order valence-corrected chi connectivity index (χ1v) is 6.90. The maximum atomic E-state index is 13.7. The smallest absolute Gasteiger partial charge is 0.165 e. The second-order valence-corrected chi connectivity index (χ2v) is 5.26. The van der Waals surface area contributed by atoms with Crippen molar-refractivity contribution in [2.24, 2.45) is 0 Å². The largest absolute Gasteiger partial charge is 0.396 e. The molecule has 2 N–H and O–H groups in total. The van der Waals surface area contributed by atoms with Gasteiger partial charge in [0.15, 0.2) is 5.82 Å². The first-order valence-electron chi connectivity index (χ1n) is 6.52. The molecule has 1 aromatic carbocycles. The van der Waals surface area contributed by atoms with Gasteiger partial charge in [0.2, 0.25) is 0 Å². The minimum Gasteiger partial charge on any atom is -0.396 e. The highest BCUT2D eigenvalue weighted by molar-refractivity contribution is 6.33. The number of nitrogen functional groups attached to an aromatic ring is 1. The standard InChI is InChI=1S/C14H15ClFN3O/c15-13-11(1-2-12(17)14(13)16)9-7-18-19(8-9)10-3-5-20-6-4-10/h1-2,7-8,10H,3-6,17H2. The van der Waals surface area contributed by atoms with E-state index < -0.39 is 5.82 Å². The molecule has 3 rings (SSSR count). The number of nitrogens with two attached hydrogens (primary N) is 1. The molecule has 4 nitrogen and oxygen atoms in total. The quantitative estimate of drug-likeness (QED) is 0.865. The summed E-state index contributed by atoms with van der Waals surface area (Å²) in [6, 6.07) is 3.56. The highest BCUT2D eigenvalue weighted by Gasteiger charge is 2.18. The van der Waals surface area contributed by atoms with Crippen LogP contribution in [0.1, 0.15) is 18.9 Å². The summed E-state index contributed by atoms with van der Waals surface area (Å²) in [4.78, 5) is 0. The molecule has 6 heteroatoms. The predicted molar refractivity (Wildman–Crippen MR) is 76.1 cm³/mol. The Morgan fingerprint density at radius 2 is 2.10 bits per heavy atom. The van der Waals surface area contributed by atoms with Crippen molar-refractivity contribution >= 4 is 17.3 Å². The van der Waals surface area contributed by atoms with Crippen LogP contribution < -0.4 is 5.73 Å². The summed E-state index contributed by atoms with van der Waals surface area (Å²) >= 11 is 6.02. The molecule has 0 amide bonds. The van der Waals surface area contributed by atoms with Gasteiger partial charge in [-0.25, -0.2) is 4.39 Å². The van der Waals surface area contributed by atoms with Gasteiger partial charge >= 0.3 is 0 Å². The van der Waals surface area contributed by atoms with Crippen molar-refractivity contribution in [1.29, 1.82) is 0 Å². The van der Waals surface area contributed by atoms with E-state index in [9.17, 15) is 4.39 Å². The van der Waals surface area contributed by atoms with Crippen LogP contribution in [0.15, 0.2) is 24.5 Å². The van der Waals surface area contributed by atoms with E-state index in [-0.39, 0.29) is 10.7 Å². The number of aromatic nitrogens is 2. The Balaban J connectivity index is 1.92. The summed E-state index contributed by atoms with van der Waals surface area (Å²) in [6.45, 7) is 1.49. The van der Waals surface area contributed by atoms with Crippen molar-refractivity contribution in [3.8, 4) is 11.1 Å². The fourth-order valence-corrected chi connectivity index (χ4v) is 2.70. The van der Waals surface area contributed by atoms with Crippen molar-refractivity contribution in [1.82, 2.24) is 9.78 Å². The van der Waals surface area contributed by atoms with E-state index in [4.69, 9.17) is 22.1 Å². The zero-order chi connectivity index (χ0) is 14.1. The maximum Gasteiger partial charge on any atom is 0.165 e. The first kappa shape index (κ1) is 13.4. The van der Waals surface area contributed by atoms with Crippen molar-refractivity contribution in [2.45, 2.75) is 18.9 Å². The molecule has 0 bridgehead atoms. The van der Waals surface area contributed by atoms with Crippen LogP contribution >= 0.6 is 11.6 Å². The summed E-state index contributed by atoms with van der Waals surface area (Å²) in [5, 5.41) is 4.40. The summed E-state index contributed by atoms with van der Waals surface area (Å²) in [6.07, 6.45) is 5.47. The summed E-state index contributed by atoms with van der Waals surface area (Å²) in [5.41, 5.74) is 6.95. The third-order valence-electron chi connectivity index (χ3n) is 3.59. The molecule has 0 atom stereocenters. The molecule has 106 valence electrons. The van der Waals surface area contributed by atoms with E-state index in [1.807, 2.05) is 10.9 Å². The van der Waals surface area contributed by atoms with Gasteiger partial charge in [0.1, 0.15) is 0 Å². The van der Waals surface area contributed by atoms with Crippen molar-refractivity contribution in [3.63, 3.8) is 0 Å². The topological polar surface area (TPSA) is 53.1 Å². The number of anilines is 1. The molecule has 1 saturated heterocycles. The van der Waals surface area contributed by atoms with E-state index >= 15 is 0 Å². The number of ether oxygens (including phenoxy) is 1. The first-order chi connectivity index (χ1) is 9.66. The molecule has 1 aliphatic rings. The second-order valence-electron chi connectivity index (χ2n) is 4.88. The molecule has 0 aliphatic carbocycles. The van der Waals surface area contributed by atoms with Crippen LogP contribution in [0.25, 0.3) is 11.1 Å². The van der Waals surface area contributed by atoms with Crippen LogP contribution in [0.2, 0.25) is 5.02 Å². The van der Waals surface area contributed by atoms with Crippen molar-refractivity contribution in [3.05, 3.63) is 35.4 Å². The zero-order valence-corrected chi connectivity index (χ0v) is 11.6. The van der Waals surface area contributed by atoms with Crippen LogP contribution in [0.4, 0.5) is 10.1 Å². The van der Waals surface area contributed by atoms with Gasteiger partial charge < -0.3 is 10.5 Å². The molecule has 20 heavy (non-hydrogen) atoms. The Hall–Kier alpha value is -1.59. The average molecular weight is 296 g/mol. The SMILES string of the molecule is Nc1ccc(-c2cnn(C3CCOCC3)c2)c(Cl)c1F. The summed E-state index contributed by atoms with van der Waals surface area (Å²) in [7, 11) is 0. The van der Waals surface area contributed by atoms with E-state index in [0.29, 0.717) is 11.6 Å². The Bertz CT molecular complexity index is 623. The van der Waals surface area contributed by atoms with E-state index in [0.717, 1.165) is 31.6 Å². The van der Waals surface area contributed by atoms with Crippen LogP contribution in [-0.2, 0) is 4.74 Å². The molecule has 0 radical (unpaired) electrons. The third kappa shape index (κ3) is 2.39. The lowest BCUT2D eigenvalue weighted by Gasteiger charge is -2.22. The molecule has 1 aliphatic heterocycles. The van der Waals surface area contributed by atoms with E-state index in [1.54, 1.807) is 12.3 Å². The van der Waals surface area contributed by atoms with Crippen LogP contribution in [-0.4, -0.2) is 23.0 Å². The number of halogens is 2. The Kier molecular flexibility index (Phi) is 3.63.